The number of halogens is 1. The van der Waals surface area contributed by atoms with Gasteiger partial charge in [-0.3, -0.25) is 4.90 Å². The number of thiazole rings is 1. The van der Waals surface area contributed by atoms with E-state index in [2.05, 4.69) is 36.2 Å². The zero-order chi connectivity index (χ0) is 13.1. The molecule has 0 spiro atoms. The van der Waals surface area contributed by atoms with E-state index in [-0.39, 0.29) is 0 Å². The molecule has 3 atom stereocenters. The maximum Gasteiger partial charge on any atom is 0.110 e. The Labute approximate surface area is 119 Å². The lowest BCUT2D eigenvalue weighted by atomic mass is 9.86. The van der Waals surface area contributed by atoms with Crippen LogP contribution >= 0.6 is 22.9 Å². The summed E-state index contributed by atoms with van der Waals surface area (Å²) in [5, 5.41) is 3.28. The SMILES string of the molecule is CC1CCCC(N(C)C(C)c2nc(CCl)cs2)C1. The van der Waals surface area contributed by atoms with Gasteiger partial charge in [0.05, 0.1) is 17.6 Å². The fourth-order valence-corrected chi connectivity index (χ4v) is 3.99. The van der Waals surface area contributed by atoms with Gasteiger partial charge in [0.1, 0.15) is 5.01 Å². The molecule has 18 heavy (non-hydrogen) atoms. The standard InChI is InChI=1S/C14H23ClN2S/c1-10-5-4-6-13(7-10)17(3)11(2)14-16-12(8-15)9-18-14/h9-11,13H,4-8H2,1-3H3. The van der Waals surface area contributed by atoms with Gasteiger partial charge in [-0.25, -0.2) is 4.98 Å². The average Bonchev–Trinajstić information content (AvgIpc) is 2.85. The molecule has 102 valence electrons. The fraction of sp³-hybridized carbons (Fsp3) is 0.786. The quantitative estimate of drug-likeness (QED) is 0.760. The van der Waals surface area contributed by atoms with Crippen molar-refractivity contribution in [3.8, 4) is 0 Å². The Hall–Kier alpha value is -0.120. The third-order valence-corrected chi connectivity index (χ3v) is 5.50. The van der Waals surface area contributed by atoms with Gasteiger partial charge in [-0.15, -0.1) is 22.9 Å². The normalized spacial score (nSPS) is 26.5. The predicted octanol–water partition coefficient (Wildman–Crippen LogP) is 4.45. The molecule has 0 bridgehead atoms. The summed E-state index contributed by atoms with van der Waals surface area (Å²) in [4.78, 5) is 7.11. The third kappa shape index (κ3) is 3.25. The van der Waals surface area contributed by atoms with Crippen LogP contribution in [0.4, 0.5) is 0 Å². The fourth-order valence-electron chi connectivity index (χ4n) is 2.84. The highest BCUT2D eigenvalue weighted by Crippen LogP contribution is 2.32. The lowest BCUT2D eigenvalue weighted by Crippen LogP contribution is -2.37. The molecule has 0 amide bonds. The van der Waals surface area contributed by atoms with Crippen LogP contribution in [0.15, 0.2) is 5.38 Å². The maximum absolute atomic E-state index is 5.82. The Kier molecular flexibility index (Phi) is 5.05. The summed E-state index contributed by atoms with van der Waals surface area (Å²) in [6.45, 7) is 4.63. The van der Waals surface area contributed by atoms with Crippen molar-refractivity contribution in [3.05, 3.63) is 16.1 Å². The summed E-state index contributed by atoms with van der Waals surface area (Å²) in [6, 6.07) is 1.12. The number of aromatic nitrogens is 1. The summed E-state index contributed by atoms with van der Waals surface area (Å²) in [7, 11) is 2.25. The van der Waals surface area contributed by atoms with Crippen LogP contribution in [-0.4, -0.2) is 23.0 Å². The second-order valence-electron chi connectivity index (χ2n) is 5.58. The molecule has 1 heterocycles. The third-order valence-electron chi connectivity index (χ3n) is 4.16. The van der Waals surface area contributed by atoms with Crippen LogP contribution in [0.1, 0.15) is 56.3 Å². The highest BCUT2D eigenvalue weighted by molar-refractivity contribution is 7.09. The summed E-state index contributed by atoms with van der Waals surface area (Å²) < 4.78 is 0. The molecular weight excluding hydrogens is 264 g/mol. The van der Waals surface area contributed by atoms with Gasteiger partial charge in [-0.2, -0.15) is 0 Å². The van der Waals surface area contributed by atoms with Gasteiger partial charge in [-0.1, -0.05) is 19.8 Å². The molecule has 3 unspecified atom stereocenters. The number of nitrogens with zero attached hydrogens (tertiary/aromatic N) is 2. The van der Waals surface area contributed by atoms with Crippen LogP contribution in [-0.2, 0) is 5.88 Å². The Morgan fingerprint density at radius 2 is 2.33 bits per heavy atom. The van der Waals surface area contributed by atoms with Gasteiger partial charge in [0.2, 0.25) is 0 Å². The first-order valence-corrected chi connectivity index (χ1v) is 8.25. The summed E-state index contributed by atoms with van der Waals surface area (Å²) in [5.41, 5.74) is 1.01. The Balaban J connectivity index is 2.00. The number of hydrogen-bond acceptors (Lipinski definition) is 3. The van der Waals surface area contributed by atoms with Crippen LogP contribution < -0.4 is 0 Å². The van der Waals surface area contributed by atoms with Crippen LogP contribution in [0, 0.1) is 5.92 Å². The summed E-state index contributed by atoms with van der Waals surface area (Å²) >= 11 is 7.56. The molecule has 1 saturated carbocycles. The topological polar surface area (TPSA) is 16.1 Å². The smallest absolute Gasteiger partial charge is 0.110 e. The van der Waals surface area contributed by atoms with Gasteiger partial charge in [0.15, 0.2) is 0 Å². The molecule has 0 N–H and O–H groups in total. The van der Waals surface area contributed by atoms with Crippen molar-refractivity contribution in [3.63, 3.8) is 0 Å². The Bertz CT molecular complexity index is 380. The van der Waals surface area contributed by atoms with E-state index in [1.54, 1.807) is 11.3 Å². The number of alkyl halides is 1. The highest BCUT2D eigenvalue weighted by atomic mass is 35.5. The van der Waals surface area contributed by atoms with E-state index in [1.807, 2.05) is 0 Å². The second kappa shape index (κ2) is 6.36. The van der Waals surface area contributed by atoms with Crippen molar-refractivity contribution >= 4 is 22.9 Å². The first-order valence-electron chi connectivity index (χ1n) is 6.84. The van der Waals surface area contributed by atoms with Crippen LogP contribution in [0.2, 0.25) is 0 Å². The minimum Gasteiger partial charge on any atom is -0.294 e. The van der Waals surface area contributed by atoms with E-state index in [9.17, 15) is 0 Å². The molecule has 1 aromatic heterocycles. The van der Waals surface area contributed by atoms with E-state index in [4.69, 9.17) is 11.6 Å². The average molecular weight is 287 g/mol. The molecule has 0 saturated heterocycles. The summed E-state index contributed by atoms with van der Waals surface area (Å²) in [5.74, 6) is 1.39. The Morgan fingerprint density at radius 1 is 1.56 bits per heavy atom. The summed E-state index contributed by atoms with van der Waals surface area (Å²) in [6.07, 6.45) is 5.42. The first-order chi connectivity index (χ1) is 8.61. The minimum atomic E-state index is 0.405. The molecule has 2 rings (SSSR count). The van der Waals surface area contributed by atoms with Gasteiger partial charge in [0, 0.05) is 11.4 Å². The van der Waals surface area contributed by atoms with Crippen molar-refractivity contribution in [1.29, 1.82) is 0 Å². The molecule has 0 aromatic carbocycles. The van der Waals surface area contributed by atoms with Crippen molar-refractivity contribution < 1.29 is 0 Å². The van der Waals surface area contributed by atoms with Crippen LogP contribution in [0.5, 0.6) is 0 Å². The van der Waals surface area contributed by atoms with Gasteiger partial charge >= 0.3 is 0 Å². The second-order valence-corrected chi connectivity index (χ2v) is 6.73. The lowest BCUT2D eigenvalue weighted by molar-refractivity contribution is 0.126. The predicted molar refractivity (Wildman–Crippen MR) is 79.3 cm³/mol. The monoisotopic (exact) mass is 286 g/mol. The van der Waals surface area contributed by atoms with Crippen LogP contribution in [0.25, 0.3) is 0 Å². The van der Waals surface area contributed by atoms with E-state index in [0.717, 1.165) is 11.6 Å². The van der Waals surface area contributed by atoms with Crippen molar-refractivity contribution in [2.75, 3.05) is 7.05 Å². The van der Waals surface area contributed by atoms with Crippen molar-refractivity contribution in [2.45, 2.75) is 57.5 Å². The van der Waals surface area contributed by atoms with Gasteiger partial charge in [0.25, 0.3) is 0 Å². The molecule has 1 aliphatic carbocycles. The number of hydrogen-bond donors (Lipinski definition) is 0. The first kappa shape index (κ1) is 14.3. The molecule has 2 nitrogen and oxygen atoms in total. The maximum atomic E-state index is 5.82. The molecule has 1 aromatic rings. The van der Waals surface area contributed by atoms with E-state index < -0.39 is 0 Å². The van der Waals surface area contributed by atoms with Crippen molar-refractivity contribution in [1.82, 2.24) is 9.88 Å². The molecule has 0 aliphatic heterocycles. The van der Waals surface area contributed by atoms with Crippen LogP contribution in [0.3, 0.4) is 0 Å². The molecule has 1 fully saturated rings. The molecule has 1 aliphatic rings. The largest absolute Gasteiger partial charge is 0.294 e. The lowest BCUT2D eigenvalue weighted by Gasteiger charge is -2.37. The van der Waals surface area contributed by atoms with E-state index in [0.29, 0.717) is 18.0 Å². The van der Waals surface area contributed by atoms with Crippen molar-refractivity contribution in [2.24, 2.45) is 5.92 Å². The zero-order valence-corrected chi connectivity index (χ0v) is 13.1. The zero-order valence-electron chi connectivity index (χ0n) is 11.5. The minimum absolute atomic E-state index is 0.405. The molecular formula is C14H23ClN2S. The van der Waals surface area contributed by atoms with Gasteiger partial charge in [-0.05, 0) is 32.7 Å². The van der Waals surface area contributed by atoms with Gasteiger partial charge < -0.3 is 0 Å². The highest BCUT2D eigenvalue weighted by Gasteiger charge is 2.26. The number of rotatable bonds is 4. The van der Waals surface area contributed by atoms with E-state index in [1.165, 1.54) is 30.7 Å². The van der Waals surface area contributed by atoms with E-state index >= 15 is 0 Å². The Morgan fingerprint density at radius 3 is 2.94 bits per heavy atom. The molecule has 4 heteroatoms. The molecule has 0 radical (unpaired) electrons.